The van der Waals surface area contributed by atoms with Crippen molar-refractivity contribution in [1.29, 1.82) is 0 Å². The third-order valence-electron chi connectivity index (χ3n) is 4.51. The molecule has 152 valence electrons. The van der Waals surface area contributed by atoms with Crippen molar-refractivity contribution in [3.63, 3.8) is 0 Å². The van der Waals surface area contributed by atoms with Crippen LogP contribution in [0.3, 0.4) is 0 Å². The molecule has 0 radical (unpaired) electrons. The van der Waals surface area contributed by atoms with E-state index in [9.17, 15) is 4.39 Å². The number of pyridine rings is 1. The van der Waals surface area contributed by atoms with Crippen molar-refractivity contribution in [1.82, 2.24) is 4.98 Å². The lowest BCUT2D eigenvalue weighted by molar-refractivity contribution is 0.409. The molecule has 28 heavy (non-hydrogen) atoms. The molecule has 7 heteroatoms. The van der Waals surface area contributed by atoms with Crippen LogP contribution in [-0.4, -0.2) is 17.0 Å². The smallest absolute Gasteiger partial charge is 0.134 e. The summed E-state index contributed by atoms with van der Waals surface area (Å²) in [5, 5.41) is 0. The Balaban J connectivity index is 0.00000196. The lowest BCUT2D eigenvalue weighted by Gasteiger charge is -2.28. The highest BCUT2D eigenvalue weighted by Crippen LogP contribution is 2.40. The second-order valence-corrected chi connectivity index (χ2v) is 7.39. The number of halogens is 4. The number of nitrogens with two attached hydrogens (primary N) is 1. The van der Waals surface area contributed by atoms with Crippen LogP contribution in [0.15, 0.2) is 54.8 Å². The normalized spacial score (nSPS) is 19.1. The molecule has 3 nitrogen and oxygen atoms in total. The van der Waals surface area contributed by atoms with E-state index in [2.05, 4.69) is 4.98 Å². The molecule has 1 heterocycles. The lowest BCUT2D eigenvalue weighted by atomic mass is 9.85. The fourth-order valence-electron chi connectivity index (χ4n) is 3.20. The average molecular weight is 446 g/mol. The highest BCUT2D eigenvalue weighted by molar-refractivity contribution is 6.26. The maximum Gasteiger partial charge on any atom is 0.134 e. The van der Waals surface area contributed by atoms with Gasteiger partial charge in [0.05, 0.1) is 23.2 Å². The summed E-state index contributed by atoms with van der Waals surface area (Å²) in [5.41, 5.74) is 8.98. The fourth-order valence-corrected chi connectivity index (χ4v) is 3.57. The van der Waals surface area contributed by atoms with E-state index < -0.39 is 4.87 Å². The van der Waals surface area contributed by atoms with Gasteiger partial charge in [-0.25, -0.2) is 4.39 Å². The second kappa shape index (κ2) is 10.3. The number of ether oxygens (including phenoxy) is 1. The molecule has 2 atom stereocenters. The number of allylic oxidation sites excluding steroid dienone is 4. The molecule has 0 bridgehead atoms. The largest absolute Gasteiger partial charge is 0.496 e. The minimum Gasteiger partial charge on any atom is -0.496 e. The van der Waals surface area contributed by atoms with E-state index in [1.54, 1.807) is 18.3 Å². The number of nitrogens with zero attached hydrogens (tertiary/aromatic N) is 1. The number of aromatic nitrogens is 1. The third kappa shape index (κ3) is 5.48. The van der Waals surface area contributed by atoms with Crippen LogP contribution < -0.4 is 10.5 Å². The Morgan fingerprint density at radius 3 is 2.64 bits per heavy atom. The van der Waals surface area contributed by atoms with Crippen molar-refractivity contribution in [3.05, 3.63) is 77.4 Å². The predicted molar refractivity (Wildman–Crippen MR) is 118 cm³/mol. The third-order valence-corrected chi connectivity index (χ3v) is 4.90. The zero-order chi connectivity index (χ0) is 18.7. The first-order valence-electron chi connectivity index (χ1n) is 8.52. The number of methoxy groups -OCH3 is 1. The summed E-state index contributed by atoms with van der Waals surface area (Å²) < 4.78 is 19.7. The van der Waals surface area contributed by atoms with E-state index in [1.807, 2.05) is 37.3 Å². The van der Waals surface area contributed by atoms with Crippen LogP contribution in [0, 0.1) is 5.82 Å². The van der Waals surface area contributed by atoms with Gasteiger partial charge in [0.1, 0.15) is 11.6 Å². The standard InChI is InChI=1S/C21H22ClFN2O.2ClH/c1-14(24)18-9-8-15(13-25-18)11-21(22)10-4-5-16(12-21)20-17(23)6-3-7-19(20)26-2;;/h3-10,13-14H,11-12,24H2,1-2H3;2*1H. The first kappa shape index (κ1) is 24.4. The van der Waals surface area contributed by atoms with Gasteiger partial charge in [0.2, 0.25) is 0 Å². The molecule has 0 saturated heterocycles. The van der Waals surface area contributed by atoms with Gasteiger partial charge in [-0.2, -0.15) is 0 Å². The summed E-state index contributed by atoms with van der Waals surface area (Å²) in [6, 6.07) is 8.63. The Labute approximate surface area is 182 Å². The Morgan fingerprint density at radius 1 is 1.29 bits per heavy atom. The number of benzene rings is 1. The van der Waals surface area contributed by atoms with E-state index in [-0.39, 0.29) is 36.7 Å². The van der Waals surface area contributed by atoms with Crippen molar-refractivity contribution in [2.24, 2.45) is 5.73 Å². The number of hydrogen-bond acceptors (Lipinski definition) is 3. The Morgan fingerprint density at radius 2 is 2.04 bits per heavy atom. The summed E-state index contributed by atoms with van der Waals surface area (Å²) in [6.45, 7) is 1.90. The monoisotopic (exact) mass is 444 g/mol. The molecule has 0 spiro atoms. The molecule has 2 N–H and O–H groups in total. The van der Waals surface area contributed by atoms with Gasteiger partial charge in [-0.3, -0.25) is 4.98 Å². The number of hydrogen-bond donors (Lipinski definition) is 1. The first-order chi connectivity index (χ1) is 12.4. The topological polar surface area (TPSA) is 48.1 Å². The first-order valence-corrected chi connectivity index (χ1v) is 8.90. The van der Waals surface area contributed by atoms with E-state index in [4.69, 9.17) is 22.1 Å². The van der Waals surface area contributed by atoms with E-state index in [1.165, 1.54) is 13.2 Å². The molecule has 1 aliphatic rings. The van der Waals surface area contributed by atoms with Gasteiger partial charge in [-0.05, 0) is 49.1 Å². The quantitative estimate of drug-likeness (QED) is 0.604. The summed E-state index contributed by atoms with van der Waals surface area (Å²) >= 11 is 6.86. The summed E-state index contributed by atoms with van der Waals surface area (Å²) in [7, 11) is 1.54. The van der Waals surface area contributed by atoms with Gasteiger partial charge in [0.25, 0.3) is 0 Å². The fraction of sp³-hybridized carbons (Fsp3) is 0.286. The maximum absolute atomic E-state index is 14.4. The summed E-state index contributed by atoms with van der Waals surface area (Å²) in [5.74, 6) is 0.196. The molecule has 1 aromatic carbocycles. The van der Waals surface area contributed by atoms with E-state index in [0.717, 1.165) is 16.8 Å². The van der Waals surface area contributed by atoms with Crippen LogP contribution in [0.25, 0.3) is 5.57 Å². The van der Waals surface area contributed by atoms with Crippen LogP contribution in [0.2, 0.25) is 0 Å². The van der Waals surface area contributed by atoms with Crippen LogP contribution in [0.5, 0.6) is 5.75 Å². The minimum absolute atomic E-state index is 0. The Hall–Kier alpha value is -1.59. The zero-order valence-electron chi connectivity index (χ0n) is 15.7. The van der Waals surface area contributed by atoms with Crippen LogP contribution in [0.4, 0.5) is 4.39 Å². The highest BCUT2D eigenvalue weighted by atomic mass is 35.5. The SMILES string of the molecule is COc1cccc(F)c1C1=CC=CC(Cl)(Cc2ccc(C(C)N)nc2)C1.Cl.Cl. The lowest BCUT2D eigenvalue weighted by Crippen LogP contribution is -2.24. The van der Waals surface area contributed by atoms with Crippen LogP contribution in [-0.2, 0) is 6.42 Å². The van der Waals surface area contributed by atoms with Gasteiger partial charge in [-0.1, -0.05) is 30.4 Å². The molecule has 0 aliphatic heterocycles. The molecule has 1 aromatic heterocycles. The Bertz CT molecular complexity index is 853. The van der Waals surface area contributed by atoms with E-state index >= 15 is 0 Å². The van der Waals surface area contributed by atoms with Gasteiger partial charge in [0.15, 0.2) is 0 Å². The maximum atomic E-state index is 14.4. The zero-order valence-corrected chi connectivity index (χ0v) is 18.1. The minimum atomic E-state index is -0.644. The highest BCUT2D eigenvalue weighted by Gasteiger charge is 2.30. The molecule has 0 fully saturated rings. The molecule has 2 unspecified atom stereocenters. The molecule has 0 saturated carbocycles. The van der Waals surface area contributed by atoms with Crippen molar-refractivity contribution < 1.29 is 9.13 Å². The number of alkyl halides is 1. The van der Waals surface area contributed by atoms with E-state index in [0.29, 0.717) is 24.2 Å². The molecular weight excluding hydrogens is 422 g/mol. The summed E-state index contributed by atoms with van der Waals surface area (Å²) in [6.07, 6.45) is 8.60. The van der Waals surface area contributed by atoms with Crippen molar-refractivity contribution in [2.75, 3.05) is 7.11 Å². The van der Waals surface area contributed by atoms with Crippen LogP contribution in [0.1, 0.15) is 36.2 Å². The van der Waals surface area contributed by atoms with Crippen LogP contribution >= 0.6 is 36.4 Å². The Kier molecular flexibility index (Phi) is 8.96. The van der Waals surface area contributed by atoms with Crippen molar-refractivity contribution in [3.8, 4) is 5.75 Å². The predicted octanol–water partition coefficient (Wildman–Crippen LogP) is 5.66. The molecule has 0 amide bonds. The van der Waals surface area contributed by atoms with Crippen molar-refractivity contribution >= 4 is 42.0 Å². The molecular formula is C21H24Cl3FN2O. The van der Waals surface area contributed by atoms with Gasteiger partial charge in [0, 0.05) is 12.2 Å². The molecule has 2 aromatic rings. The second-order valence-electron chi connectivity index (χ2n) is 6.64. The summed E-state index contributed by atoms with van der Waals surface area (Å²) in [4.78, 5) is 3.75. The molecule has 1 aliphatic carbocycles. The number of rotatable bonds is 5. The van der Waals surface area contributed by atoms with Gasteiger partial charge in [-0.15, -0.1) is 36.4 Å². The van der Waals surface area contributed by atoms with Gasteiger partial charge < -0.3 is 10.5 Å². The van der Waals surface area contributed by atoms with Crippen molar-refractivity contribution in [2.45, 2.75) is 30.7 Å². The average Bonchev–Trinajstić information content (AvgIpc) is 2.61. The molecule has 3 rings (SSSR count). The van der Waals surface area contributed by atoms with Gasteiger partial charge >= 0.3 is 0 Å².